The van der Waals surface area contributed by atoms with Gasteiger partial charge in [-0.2, -0.15) is 4.98 Å². The van der Waals surface area contributed by atoms with E-state index in [2.05, 4.69) is 20.2 Å². The second-order valence-electron chi connectivity index (χ2n) is 7.26. The van der Waals surface area contributed by atoms with Gasteiger partial charge in [-0.05, 0) is 37.1 Å². The molecule has 3 aromatic rings. The number of methoxy groups -OCH3 is 2. The predicted octanol–water partition coefficient (Wildman–Crippen LogP) is 4.51. The molecule has 0 aliphatic carbocycles. The third-order valence-electron chi connectivity index (χ3n) is 5.15. The summed E-state index contributed by atoms with van der Waals surface area (Å²) in [6.07, 6.45) is 3.55. The van der Waals surface area contributed by atoms with Crippen molar-refractivity contribution in [2.24, 2.45) is 0 Å². The van der Waals surface area contributed by atoms with Crippen molar-refractivity contribution in [3.63, 3.8) is 0 Å². The van der Waals surface area contributed by atoms with Gasteiger partial charge in [0.1, 0.15) is 23.1 Å². The molecule has 0 spiro atoms. The molecule has 1 N–H and O–H groups in total. The predicted molar refractivity (Wildman–Crippen MR) is 117 cm³/mol. The molecule has 7 nitrogen and oxygen atoms in total. The third kappa shape index (κ3) is 5.33. The number of piperidine rings is 1. The average Bonchev–Trinajstić information content (AvgIpc) is 2.81. The van der Waals surface area contributed by atoms with Gasteiger partial charge < -0.3 is 24.4 Å². The van der Waals surface area contributed by atoms with E-state index in [1.807, 2.05) is 18.2 Å². The fraction of sp³-hybridized carbons (Fsp3) is 0.304. The van der Waals surface area contributed by atoms with Crippen LogP contribution < -0.4 is 24.4 Å². The van der Waals surface area contributed by atoms with E-state index in [1.165, 1.54) is 12.1 Å². The summed E-state index contributed by atoms with van der Waals surface area (Å²) in [6.45, 7) is 1.64. The van der Waals surface area contributed by atoms with Gasteiger partial charge in [-0.15, -0.1) is 0 Å². The van der Waals surface area contributed by atoms with Gasteiger partial charge >= 0.3 is 0 Å². The van der Waals surface area contributed by atoms with Crippen LogP contribution in [0, 0.1) is 5.82 Å². The van der Waals surface area contributed by atoms with Crippen LogP contribution in [-0.2, 0) is 0 Å². The second-order valence-corrected chi connectivity index (χ2v) is 7.26. The fourth-order valence-corrected chi connectivity index (χ4v) is 3.52. The SMILES string of the molecule is COc1cc(NC2CCN(c3nccc(Oc4ccc(F)cc4)n3)CC2)cc(OC)c1. The first-order valence-corrected chi connectivity index (χ1v) is 10.1. The Labute approximate surface area is 180 Å². The molecule has 4 rings (SSSR count). The number of hydrogen-bond donors (Lipinski definition) is 1. The molecular weight excluding hydrogens is 399 g/mol. The van der Waals surface area contributed by atoms with Crippen molar-refractivity contribution in [2.75, 3.05) is 37.5 Å². The Kier molecular flexibility index (Phi) is 6.35. The topological polar surface area (TPSA) is 68.7 Å². The Morgan fingerprint density at radius 2 is 1.61 bits per heavy atom. The van der Waals surface area contributed by atoms with Crippen LogP contribution in [0.15, 0.2) is 54.7 Å². The molecule has 2 heterocycles. The number of hydrogen-bond acceptors (Lipinski definition) is 7. The van der Waals surface area contributed by atoms with Crippen LogP contribution in [0.2, 0.25) is 0 Å². The van der Waals surface area contributed by atoms with Crippen LogP contribution >= 0.6 is 0 Å². The highest BCUT2D eigenvalue weighted by Crippen LogP contribution is 2.28. The van der Waals surface area contributed by atoms with Crippen molar-refractivity contribution in [3.05, 3.63) is 60.5 Å². The van der Waals surface area contributed by atoms with Crippen LogP contribution in [-0.4, -0.2) is 43.3 Å². The largest absolute Gasteiger partial charge is 0.497 e. The van der Waals surface area contributed by atoms with Crippen LogP contribution in [0.3, 0.4) is 0 Å². The van der Waals surface area contributed by atoms with Crippen molar-refractivity contribution < 1.29 is 18.6 Å². The smallest absolute Gasteiger partial charge is 0.228 e. The third-order valence-corrected chi connectivity index (χ3v) is 5.15. The molecule has 162 valence electrons. The summed E-state index contributed by atoms with van der Waals surface area (Å²) in [6, 6.07) is 13.7. The monoisotopic (exact) mass is 424 g/mol. The van der Waals surface area contributed by atoms with E-state index < -0.39 is 0 Å². The van der Waals surface area contributed by atoms with Crippen molar-refractivity contribution >= 4 is 11.6 Å². The van der Waals surface area contributed by atoms with Gasteiger partial charge in [0, 0.05) is 55.3 Å². The van der Waals surface area contributed by atoms with E-state index in [1.54, 1.807) is 38.6 Å². The van der Waals surface area contributed by atoms with Gasteiger partial charge in [0.2, 0.25) is 11.8 Å². The van der Waals surface area contributed by atoms with Crippen molar-refractivity contribution in [3.8, 4) is 23.1 Å². The highest BCUT2D eigenvalue weighted by Gasteiger charge is 2.21. The molecule has 0 radical (unpaired) electrons. The Morgan fingerprint density at radius 1 is 0.935 bits per heavy atom. The lowest BCUT2D eigenvalue weighted by atomic mass is 10.0. The number of nitrogens with zero attached hydrogens (tertiary/aromatic N) is 3. The molecule has 1 fully saturated rings. The summed E-state index contributed by atoms with van der Waals surface area (Å²) in [5.41, 5.74) is 0.973. The molecule has 0 amide bonds. The number of benzene rings is 2. The molecule has 0 atom stereocenters. The van der Waals surface area contributed by atoms with Crippen molar-refractivity contribution in [1.29, 1.82) is 0 Å². The highest BCUT2D eigenvalue weighted by atomic mass is 19.1. The molecule has 0 unspecified atom stereocenters. The van der Waals surface area contributed by atoms with Gasteiger partial charge in [-0.1, -0.05) is 0 Å². The van der Waals surface area contributed by atoms with E-state index in [0.29, 0.717) is 23.6 Å². The summed E-state index contributed by atoms with van der Waals surface area (Å²) in [7, 11) is 3.29. The molecule has 1 saturated heterocycles. The maximum atomic E-state index is 13.1. The van der Waals surface area contributed by atoms with E-state index in [0.717, 1.165) is 43.1 Å². The zero-order valence-electron chi connectivity index (χ0n) is 17.5. The lowest BCUT2D eigenvalue weighted by Gasteiger charge is -2.33. The van der Waals surface area contributed by atoms with Crippen LogP contribution in [0.1, 0.15) is 12.8 Å². The van der Waals surface area contributed by atoms with Crippen LogP contribution in [0.4, 0.5) is 16.0 Å². The molecule has 31 heavy (non-hydrogen) atoms. The zero-order chi connectivity index (χ0) is 21.6. The number of nitrogens with one attached hydrogen (secondary N) is 1. The highest BCUT2D eigenvalue weighted by molar-refractivity contribution is 5.54. The first kappa shape index (κ1) is 20.7. The van der Waals surface area contributed by atoms with Gasteiger partial charge in [0.25, 0.3) is 0 Å². The van der Waals surface area contributed by atoms with Crippen LogP contribution in [0.5, 0.6) is 23.1 Å². The lowest BCUT2D eigenvalue weighted by Crippen LogP contribution is -2.40. The average molecular weight is 424 g/mol. The second kappa shape index (κ2) is 9.51. The molecular formula is C23H25FN4O3. The Bertz CT molecular complexity index is 986. The lowest BCUT2D eigenvalue weighted by molar-refractivity contribution is 0.394. The first-order valence-electron chi connectivity index (χ1n) is 10.1. The number of rotatable bonds is 7. The Morgan fingerprint density at radius 3 is 2.26 bits per heavy atom. The van der Waals surface area contributed by atoms with E-state index in [4.69, 9.17) is 14.2 Å². The summed E-state index contributed by atoms with van der Waals surface area (Å²) in [5.74, 6) is 2.79. The number of anilines is 2. The molecule has 0 saturated carbocycles. The maximum absolute atomic E-state index is 13.1. The minimum Gasteiger partial charge on any atom is -0.497 e. The zero-order valence-corrected chi connectivity index (χ0v) is 17.5. The minimum atomic E-state index is -0.306. The minimum absolute atomic E-state index is 0.306. The van der Waals surface area contributed by atoms with Gasteiger partial charge in [0.15, 0.2) is 0 Å². The molecule has 1 aromatic heterocycles. The Balaban J connectivity index is 1.36. The number of aromatic nitrogens is 2. The summed E-state index contributed by atoms with van der Waals surface area (Å²) >= 11 is 0. The normalized spacial score (nSPS) is 14.2. The maximum Gasteiger partial charge on any atom is 0.228 e. The van der Waals surface area contributed by atoms with E-state index in [-0.39, 0.29) is 5.82 Å². The van der Waals surface area contributed by atoms with E-state index in [9.17, 15) is 4.39 Å². The van der Waals surface area contributed by atoms with Gasteiger partial charge in [-0.3, -0.25) is 0 Å². The standard InChI is InChI=1S/C23H25FN4O3/c1-29-20-13-18(14-21(15-20)30-2)26-17-8-11-28(12-9-17)23-25-10-7-22(27-23)31-19-5-3-16(24)4-6-19/h3-7,10,13-15,17,26H,8-9,11-12H2,1-2H3. The number of ether oxygens (including phenoxy) is 3. The molecule has 1 aliphatic heterocycles. The molecule has 0 bridgehead atoms. The summed E-state index contributed by atoms with van der Waals surface area (Å²) in [4.78, 5) is 11.0. The molecule has 1 aliphatic rings. The van der Waals surface area contributed by atoms with Crippen molar-refractivity contribution in [1.82, 2.24) is 9.97 Å². The molecule has 8 heteroatoms. The van der Waals surface area contributed by atoms with Gasteiger partial charge in [-0.25, -0.2) is 9.37 Å². The van der Waals surface area contributed by atoms with Crippen molar-refractivity contribution in [2.45, 2.75) is 18.9 Å². The summed E-state index contributed by atoms with van der Waals surface area (Å²) < 4.78 is 29.5. The molecule has 2 aromatic carbocycles. The fourth-order valence-electron chi connectivity index (χ4n) is 3.52. The van der Waals surface area contributed by atoms with E-state index >= 15 is 0 Å². The summed E-state index contributed by atoms with van der Waals surface area (Å²) in [5, 5.41) is 3.57. The Hall–Kier alpha value is -3.55. The van der Waals surface area contributed by atoms with Gasteiger partial charge in [0.05, 0.1) is 14.2 Å². The van der Waals surface area contributed by atoms with Crippen LogP contribution in [0.25, 0.3) is 0 Å². The first-order chi connectivity index (χ1) is 15.1. The number of halogens is 1. The quantitative estimate of drug-likeness (QED) is 0.599.